The third-order valence-corrected chi connectivity index (χ3v) is 5.73. The summed E-state index contributed by atoms with van der Waals surface area (Å²) in [4.78, 5) is 25.5. The first-order chi connectivity index (χ1) is 13.6. The molecule has 3 aromatic rings. The third kappa shape index (κ3) is 3.16. The second-order valence-corrected chi connectivity index (χ2v) is 7.45. The van der Waals surface area contributed by atoms with Crippen LogP contribution in [0.15, 0.2) is 65.4 Å². The van der Waals surface area contributed by atoms with Crippen LogP contribution in [0, 0.1) is 0 Å². The molecular weight excluding hydrogens is 374 g/mol. The molecule has 0 bridgehead atoms. The van der Waals surface area contributed by atoms with Gasteiger partial charge >= 0.3 is 12.1 Å². The smallest absolute Gasteiger partial charge is 0.415 e. The van der Waals surface area contributed by atoms with Crippen LogP contribution in [0.3, 0.4) is 0 Å². The Bertz CT molecular complexity index is 969. The van der Waals surface area contributed by atoms with Crippen molar-refractivity contribution >= 4 is 29.1 Å². The highest BCUT2D eigenvalue weighted by Crippen LogP contribution is 2.44. The van der Waals surface area contributed by atoms with Gasteiger partial charge in [-0.2, -0.15) is 11.3 Å². The van der Waals surface area contributed by atoms with E-state index in [0.717, 1.165) is 22.3 Å². The molecule has 6 heteroatoms. The zero-order valence-corrected chi connectivity index (χ0v) is 16.1. The quantitative estimate of drug-likeness (QED) is 0.664. The number of hydrogen-bond donors (Lipinski definition) is 1. The van der Waals surface area contributed by atoms with Crippen molar-refractivity contribution in [3.8, 4) is 11.1 Å². The number of carbonyl (C=O) groups is 2. The molecule has 2 aromatic carbocycles. The highest BCUT2D eigenvalue weighted by Gasteiger charge is 2.32. The first kappa shape index (κ1) is 18.3. The number of carbonyl (C=O) groups excluding carboxylic acids is 1. The average molecular weight is 393 g/mol. The van der Waals surface area contributed by atoms with Gasteiger partial charge in [0, 0.05) is 11.3 Å². The summed E-state index contributed by atoms with van der Waals surface area (Å²) >= 11 is 1.40. The molecule has 1 heterocycles. The van der Waals surface area contributed by atoms with Gasteiger partial charge in [0.05, 0.1) is 5.69 Å². The molecule has 1 aliphatic rings. The Morgan fingerprint density at radius 3 is 2.21 bits per heavy atom. The zero-order chi connectivity index (χ0) is 19.7. The van der Waals surface area contributed by atoms with Crippen LogP contribution in [-0.4, -0.2) is 29.8 Å². The first-order valence-electron chi connectivity index (χ1n) is 8.97. The van der Waals surface area contributed by atoms with Crippen molar-refractivity contribution in [1.82, 2.24) is 0 Å². The highest BCUT2D eigenvalue weighted by molar-refractivity contribution is 7.08. The molecule has 0 spiro atoms. The lowest BCUT2D eigenvalue weighted by Gasteiger charge is -2.25. The summed E-state index contributed by atoms with van der Waals surface area (Å²) < 4.78 is 5.63. The second kappa shape index (κ2) is 7.48. The summed E-state index contributed by atoms with van der Waals surface area (Å²) in [6, 6.07) is 16.9. The SMILES string of the molecule is C[C@H](C(=O)O)N(C(=O)OCC1c2ccccc2-c2ccccc21)c1ccsc1. The van der Waals surface area contributed by atoms with Crippen LogP contribution in [-0.2, 0) is 9.53 Å². The average Bonchev–Trinajstić information content (AvgIpc) is 3.33. The number of aliphatic carboxylic acids is 1. The van der Waals surface area contributed by atoms with Crippen molar-refractivity contribution < 1.29 is 19.4 Å². The van der Waals surface area contributed by atoms with E-state index in [-0.39, 0.29) is 12.5 Å². The maximum atomic E-state index is 12.8. The van der Waals surface area contributed by atoms with Crippen LogP contribution in [0.1, 0.15) is 24.0 Å². The van der Waals surface area contributed by atoms with Crippen molar-refractivity contribution in [2.75, 3.05) is 11.5 Å². The molecule has 0 radical (unpaired) electrons. The minimum absolute atomic E-state index is 0.0687. The van der Waals surface area contributed by atoms with Crippen LogP contribution in [0.2, 0.25) is 0 Å². The normalized spacial score (nSPS) is 13.5. The van der Waals surface area contributed by atoms with Gasteiger partial charge < -0.3 is 9.84 Å². The molecule has 1 aromatic heterocycles. The summed E-state index contributed by atoms with van der Waals surface area (Å²) in [6.45, 7) is 1.63. The van der Waals surface area contributed by atoms with E-state index < -0.39 is 18.1 Å². The molecule has 0 saturated heterocycles. The molecule has 1 N–H and O–H groups in total. The van der Waals surface area contributed by atoms with Gasteiger partial charge in [0.2, 0.25) is 0 Å². The molecule has 5 nitrogen and oxygen atoms in total. The minimum atomic E-state index is -1.08. The number of fused-ring (bicyclic) bond motifs is 3. The summed E-state index contributed by atoms with van der Waals surface area (Å²) in [6.07, 6.45) is -0.657. The number of ether oxygens (including phenoxy) is 1. The maximum Gasteiger partial charge on any atom is 0.415 e. The van der Waals surface area contributed by atoms with E-state index in [0.29, 0.717) is 5.69 Å². The lowest BCUT2D eigenvalue weighted by atomic mass is 9.98. The van der Waals surface area contributed by atoms with E-state index >= 15 is 0 Å². The van der Waals surface area contributed by atoms with E-state index in [1.807, 2.05) is 36.4 Å². The van der Waals surface area contributed by atoms with Gasteiger partial charge in [-0.05, 0) is 40.6 Å². The molecule has 0 saturated carbocycles. The highest BCUT2D eigenvalue weighted by atomic mass is 32.1. The Kier molecular flexibility index (Phi) is 4.88. The van der Waals surface area contributed by atoms with Crippen LogP contribution < -0.4 is 4.90 Å². The number of carboxylic acid groups (broad SMARTS) is 1. The first-order valence-corrected chi connectivity index (χ1v) is 9.91. The number of rotatable bonds is 5. The summed E-state index contributed by atoms with van der Waals surface area (Å²) in [5.74, 6) is -1.15. The van der Waals surface area contributed by atoms with E-state index in [2.05, 4.69) is 12.1 Å². The van der Waals surface area contributed by atoms with Crippen LogP contribution in [0.25, 0.3) is 11.1 Å². The Labute approximate surface area is 166 Å². The van der Waals surface area contributed by atoms with E-state index in [1.54, 1.807) is 16.8 Å². The fourth-order valence-corrected chi connectivity index (χ4v) is 4.28. The molecule has 1 aliphatic carbocycles. The molecule has 1 atom stereocenters. The van der Waals surface area contributed by atoms with Crippen molar-refractivity contribution in [2.45, 2.75) is 18.9 Å². The van der Waals surface area contributed by atoms with Gasteiger partial charge in [-0.1, -0.05) is 48.5 Å². The van der Waals surface area contributed by atoms with Crippen molar-refractivity contribution in [1.29, 1.82) is 0 Å². The lowest BCUT2D eigenvalue weighted by molar-refractivity contribution is -0.138. The fraction of sp³-hybridized carbons (Fsp3) is 0.182. The Hall–Kier alpha value is -3.12. The third-order valence-electron chi connectivity index (χ3n) is 5.06. The van der Waals surface area contributed by atoms with Crippen molar-refractivity contribution in [3.05, 3.63) is 76.5 Å². The Balaban J connectivity index is 1.58. The monoisotopic (exact) mass is 393 g/mol. The van der Waals surface area contributed by atoms with Crippen LogP contribution in [0.5, 0.6) is 0 Å². The number of benzene rings is 2. The predicted molar refractivity (Wildman–Crippen MR) is 109 cm³/mol. The fourth-order valence-electron chi connectivity index (χ4n) is 3.66. The summed E-state index contributed by atoms with van der Waals surface area (Å²) in [5, 5.41) is 12.9. The number of thiophene rings is 1. The molecule has 0 unspecified atom stereocenters. The van der Waals surface area contributed by atoms with Gasteiger partial charge in [-0.15, -0.1) is 0 Å². The number of carboxylic acids is 1. The molecule has 142 valence electrons. The largest absolute Gasteiger partial charge is 0.480 e. The van der Waals surface area contributed by atoms with Crippen molar-refractivity contribution in [2.24, 2.45) is 0 Å². The predicted octanol–water partition coefficient (Wildman–Crippen LogP) is 4.98. The molecule has 4 rings (SSSR count). The van der Waals surface area contributed by atoms with E-state index in [9.17, 15) is 14.7 Å². The maximum absolute atomic E-state index is 12.8. The molecule has 0 fully saturated rings. The van der Waals surface area contributed by atoms with Crippen LogP contribution in [0.4, 0.5) is 10.5 Å². The Morgan fingerprint density at radius 1 is 1.07 bits per heavy atom. The molecular formula is C22H19NO4S. The lowest BCUT2D eigenvalue weighted by Crippen LogP contribution is -2.44. The van der Waals surface area contributed by atoms with Gasteiger partial charge in [0.1, 0.15) is 12.6 Å². The van der Waals surface area contributed by atoms with Gasteiger partial charge in [-0.3, -0.25) is 4.90 Å². The molecule has 28 heavy (non-hydrogen) atoms. The van der Waals surface area contributed by atoms with E-state index in [1.165, 1.54) is 23.2 Å². The van der Waals surface area contributed by atoms with Gasteiger partial charge in [0.15, 0.2) is 0 Å². The summed E-state index contributed by atoms with van der Waals surface area (Å²) in [5.41, 5.74) is 5.05. The standard InChI is InChI=1S/C22H19NO4S/c1-14(21(24)25)23(15-10-11-28-13-15)22(26)27-12-20-18-8-4-2-6-16(18)17-7-3-5-9-19(17)20/h2-11,13-14,20H,12H2,1H3,(H,24,25)/t14-/m1/s1. The van der Waals surface area contributed by atoms with Gasteiger partial charge in [0.25, 0.3) is 0 Å². The number of anilines is 1. The van der Waals surface area contributed by atoms with Gasteiger partial charge in [-0.25, -0.2) is 9.59 Å². The Morgan fingerprint density at radius 2 is 1.68 bits per heavy atom. The number of hydrogen-bond acceptors (Lipinski definition) is 4. The minimum Gasteiger partial charge on any atom is -0.480 e. The van der Waals surface area contributed by atoms with E-state index in [4.69, 9.17) is 4.74 Å². The van der Waals surface area contributed by atoms with Crippen molar-refractivity contribution in [3.63, 3.8) is 0 Å². The molecule has 1 amide bonds. The topological polar surface area (TPSA) is 66.8 Å². The second-order valence-electron chi connectivity index (χ2n) is 6.67. The van der Waals surface area contributed by atoms with Crippen LogP contribution >= 0.6 is 11.3 Å². The zero-order valence-electron chi connectivity index (χ0n) is 15.2. The number of amides is 1. The number of nitrogens with zero attached hydrogens (tertiary/aromatic N) is 1. The summed E-state index contributed by atoms with van der Waals surface area (Å²) in [7, 11) is 0. The molecule has 0 aliphatic heterocycles.